The van der Waals surface area contributed by atoms with Crippen LogP contribution in [0, 0.1) is 5.92 Å². The van der Waals surface area contributed by atoms with E-state index in [2.05, 4.69) is 0 Å². The van der Waals surface area contributed by atoms with Gasteiger partial charge in [0.05, 0.1) is 6.61 Å². The Balaban J connectivity index is 1.96. The Hall–Kier alpha value is -1.35. The first-order valence-electron chi connectivity index (χ1n) is 7.13. The van der Waals surface area contributed by atoms with Gasteiger partial charge in [-0.05, 0) is 43.5 Å². The third-order valence-corrected chi connectivity index (χ3v) is 3.60. The summed E-state index contributed by atoms with van der Waals surface area (Å²) in [5.41, 5.74) is 0.756. The summed E-state index contributed by atoms with van der Waals surface area (Å²) < 4.78 is 11.3. The van der Waals surface area contributed by atoms with Gasteiger partial charge in [-0.1, -0.05) is 13.8 Å². The maximum Gasteiger partial charge on any atom is 0.199 e. The van der Waals surface area contributed by atoms with Crippen LogP contribution in [0.1, 0.15) is 49.9 Å². The van der Waals surface area contributed by atoms with E-state index in [1.54, 1.807) is 0 Å². The third kappa shape index (κ3) is 3.80. The lowest BCUT2D eigenvalue weighted by molar-refractivity contribution is -0.105. The lowest BCUT2D eigenvalue weighted by atomic mass is 9.97. The zero-order valence-electron chi connectivity index (χ0n) is 11.7. The van der Waals surface area contributed by atoms with Gasteiger partial charge in [0.25, 0.3) is 0 Å². The highest BCUT2D eigenvalue weighted by atomic mass is 16.7. The molecule has 1 aliphatic heterocycles. The van der Waals surface area contributed by atoms with Gasteiger partial charge in [-0.15, -0.1) is 0 Å². The van der Waals surface area contributed by atoms with E-state index in [4.69, 9.17) is 9.47 Å². The van der Waals surface area contributed by atoms with Crippen molar-refractivity contribution in [2.75, 3.05) is 6.61 Å². The molecule has 0 aliphatic carbocycles. The van der Waals surface area contributed by atoms with Crippen molar-refractivity contribution in [3.05, 3.63) is 29.8 Å². The number of Topliss-reactive ketones (excluding diaryl/α,β-unsaturated/α-hetero) is 1. The highest BCUT2D eigenvalue weighted by Gasteiger charge is 2.16. The standard InChI is InChI=1S/C16H22O3/c1-3-12(2)16(17)13-7-9-14(10-8-13)19-15-6-4-5-11-18-15/h7-10,12,15H,3-6,11H2,1-2H3/t12-,15?/m1/s1. The Morgan fingerprint density at radius 1 is 1.37 bits per heavy atom. The summed E-state index contributed by atoms with van der Waals surface area (Å²) in [4.78, 5) is 12.0. The minimum atomic E-state index is -0.134. The molecule has 0 amide bonds. The second-order valence-corrected chi connectivity index (χ2v) is 5.11. The van der Waals surface area contributed by atoms with Gasteiger partial charge in [-0.2, -0.15) is 0 Å². The van der Waals surface area contributed by atoms with Crippen molar-refractivity contribution in [2.45, 2.75) is 45.8 Å². The number of benzene rings is 1. The van der Waals surface area contributed by atoms with Crippen molar-refractivity contribution >= 4 is 5.78 Å². The normalized spacial score (nSPS) is 20.8. The van der Waals surface area contributed by atoms with E-state index in [0.717, 1.165) is 43.6 Å². The van der Waals surface area contributed by atoms with Gasteiger partial charge in [0.1, 0.15) is 5.75 Å². The van der Waals surface area contributed by atoms with Crippen LogP contribution >= 0.6 is 0 Å². The Kier molecular flexibility index (Phi) is 4.97. The Bertz CT molecular complexity index is 405. The van der Waals surface area contributed by atoms with Crippen LogP contribution in [-0.2, 0) is 4.74 Å². The van der Waals surface area contributed by atoms with Crippen molar-refractivity contribution in [1.82, 2.24) is 0 Å². The maximum absolute atomic E-state index is 12.0. The molecular weight excluding hydrogens is 240 g/mol. The number of rotatable bonds is 5. The van der Waals surface area contributed by atoms with Crippen LogP contribution in [0.25, 0.3) is 0 Å². The minimum Gasteiger partial charge on any atom is -0.465 e. The topological polar surface area (TPSA) is 35.5 Å². The quantitative estimate of drug-likeness (QED) is 0.757. The summed E-state index contributed by atoms with van der Waals surface area (Å²) in [6.07, 6.45) is 3.93. The van der Waals surface area contributed by atoms with Gasteiger partial charge in [0, 0.05) is 17.9 Å². The summed E-state index contributed by atoms with van der Waals surface area (Å²) in [7, 11) is 0. The monoisotopic (exact) mass is 262 g/mol. The Labute approximate surface area is 114 Å². The number of ether oxygens (including phenoxy) is 2. The molecule has 3 nitrogen and oxygen atoms in total. The number of carbonyl (C=O) groups excluding carboxylic acids is 1. The second kappa shape index (κ2) is 6.71. The van der Waals surface area contributed by atoms with Crippen LogP contribution in [0.5, 0.6) is 5.75 Å². The van der Waals surface area contributed by atoms with E-state index in [1.165, 1.54) is 0 Å². The summed E-state index contributed by atoms with van der Waals surface area (Å²) >= 11 is 0. The molecule has 0 aromatic heterocycles. The number of hydrogen-bond acceptors (Lipinski definition) is 3. The summed E-state index contributed by atoms with van der Waals surface area (Å²) in [5.74, 6) is 1.05. The molecule has 1 unspecified atom stereocenters. The van der Waals surface area contributed by atoms with Crippen LogP contribution in [0.15, 0.2) is 24.3 Å². The third-order valence-electron chi connectivity index (χ3n) is 3.60. The molecule has 0 spiro atoms. The second-order valence-electron chi connectivity index (χ2n) is 5.11. The van der Waals surface area contributed by atoms with Crippen LogP contribution in [0.2, 0.25) is 0 Å². The largest absolute Gasteiger partial charge is 0.465 e. The molecule has 0 saturated carbocycles. The molecule has 0 bridgehead atoms. The van der Waals surface area contributed by atoms with Crippen molar-refractivity contribution in [2.24, 2.45) is 5.92 Å². The molecule has 1 aromatic carbocycles. The average Bonchev–Trinajstić information content (AvgIpc) is 2.47. The smallest absolute Gasteiger partial charge is 0.199 e. The van der Waals surface area contributed by atoms with Gasteiger partial charge in [0.15, 0.2) is 12.1 Å². The summed E-state index contributed by atoms with van der Waals surface area (Å²) in [6.45, 7) is 4.76. The summed E-state index contributed by atoms with van der Waals surface area (Å²) in [5, 5.41) is 0. The van der Waals surface area contributed by atoms with E-state index in [1.807, 2.05) is 38.1 Å². The van der Waals surface area contributed by atoms with Gasteiger partial charge in [-0.3, -0.25) is 4.79 Å². The first kappa shape index (κ1) is 14.1. The molecule has 3 heteroatoms. The van der Waals surface area contributed by atoms with E-state index < -0.39 is 0 Å². The molecule has 1 aromatic rings. The van der Waals surface area contributed by atoms with E-state index in [9.17, 15) is 4.79 Å². The van der Waals surface area contributed by atoms with Crippen LogP contribution in [0.4, 0.5) is 0 Å². The predicted octanol–water partition coefficient (Wildman–Crippen LogP) is 3.82. The highest BCUT2D eigenvalue weighted by Crippen LogP contribution is 2.21. The van der Waals surface area contributed by atoms with Crippen molar-refractivity contribution < 1.29 is 14.3 Å². The van der Waals surface area contributed by atoms with Gasteiger partial charge < -0.3 is 9.47 Å². The van der Waals surface area contributed by atoms with Crippen molar-refractivity contribution in [3.8, 4) is 5.75 Å². The first-order chi connectivity index (χ1) is 9.20. The molecule has 1 fully saturated rings. The molecule has 0 radical (unpaired) electrons. The maximum atomic E-state index is 12.0. The molecule has 1 saturated heterocycles. The minimum absolute atomic E-state index is 0.0773. The average molecular weight is 262 g/mol. The lowest BCUT2D eigenvalue weighted by Crippen LogP contribution is -2.24. The fourth-order valence-electron chi connectivity index (χ4n) is 2.12. The van der Waals surface area contributed by atoms with Crippen LogP contribution in [0.3, 0.4) is 0 Å². The van der Waals surface area contributed by atoms with Crippen LogP contribution < -0.4 is 4.74 Å². The Morgan fingerprint density at radius 3 is 2.68 bits per heavy atom. The number of carbonyl (C=O) groups is 1. The highest BCUT2D eigenvalue weighted by molar-refractivity contribution is 5.97. The first-order valence-corrected chi connectivity index (χ1v) is 7.13. The van der Waals surface area contributed by atoms with Gasteiger partial charge in [-0.25, -0.2) is 0 Å². The number of ketones is 1. The van der Waals surface area contributed by atoms with Crippen molar-refractivity contribution in [3.63, 3.8) is 0 Å². The molecule has 104 valence electrons. The fraction of sp³-hybridized carbons (Fsp3) is 0.562. The zero-order chi connectivity index (χ0) is 13.7. The zero-order valence-corrected chi connectivity index (χ0v) is 11.7. The molecule has 2 atom stereocenters. The molecule has 2 rings (SSSR count). The Morgan fingerprint density at radius 2 is 2.11 bits per heavy atom. The van der Waals surface area contributed by atoms with Gasteiger partial charge in [0.2, 0.25) is 0 Å². The van der Waals surface area contributed by atoms with Crippen LogP contribution in [-0.4, -0.2) is 18.7 Å². The summed E-state index contributed by atoms with van der Waals surface area (Å²) in [6, 6.07) is 7.39. The molecule has 1 aliphatic rings. The molecule has 19 heavy (non-hydrogen) atoms. The lowest BCUT2D eigenvalue weighted by Gasteiger charge is -2.23. The number of hydrogen-bond donors (Lipinski definition) is 0. The molecule has 0 N–H and O–H groups in total. The van der Waals surface area contributed by atoms with E-state index in [0.29, 0.717) is 0 Å². The predicted molar refractivity (Wildman–Crippen MR) is 74.4 cm³/mol. The van der Waals surface area contributed by atoms with E-state index in [-0.39, 0.29) is 18.0 Å². The fourth-order valence-corrected chi connectivity index (χ4v) is 2.12. The van der Waals surface area contributed by atoms with Crippen molar-refractivity contribution in [1.29, 1.82) is 0 Å². The molecular formula is C16H22O3. The molecule has 1 heterocycles. The van der Waals surface area contributed by atoms with Gasteiger partial charge >= 0.3 is 0 Å². The SMILES string of the molecule is CC[C@@H](C)C(=O)c1ccc(OC2CCCCO2)cc1. The van der Waals surface area contributed by atoms with E-state index >= 15 is 0 Å².